The van der Waals surface area contributed by atoms with Crippen LogP contribution in [0, 0.1) is 17.1 Å². The highest BCUT2D eigenvalue weighted by Gasteiger charge is 2.17. The van der Waals surface area contributed by atoms with Gasteiger partial charge in [-0.2, -0.15) is 5.26 Å². The minimum atomic E-state index is -0.284. The summed E-state index contributed by atoms with van der Waals surface area (Å²) in [6.45, 7) is 0.451. The molecule has 0 radical (unpaired) electrons. The van der Waals surface area contributed by atoms with E-state index in [0.717, 1.165) is 28.7 Å². The lowest BCUT2D eigenvalue weighted by molar-refractivity contribution is 0.300. The van der Waals surface area contributed by atoms with Crippen LogP contribution in [0.2, 0.25) is 0 Å². The van der Waals surface area contributed by atoms with Crippen LogP contribution in [0.1, 0.15) is 17.5 Å². The van der Waals surface area contributed by atoms with Crippen LogP contribution in [0.4, 0.5) is 4.39 Å². The number of nitriles is 1. The summed E-state index contributed by atoms with van der Waals surface area (Å²) in [4.78, 5) is 0. The lowest BCUT2D eigenvalue weighted by atomic mass is 9.94. The molecule has 0 bridgehead atoms. The second-order valence-corrected chi connectivity index (χ2v) is 4.58. The molecule has 0 aromatic heterocycles. The second-order valence-electron chi connectivity index (χ2n) is 4.58. The zero-order chi connectivity index (χ0) is 13.2. The first-order chi connectivity index (χ1) is 9.28. The molecule has 0 spiro atoms. The Labute approximate surface area is 111 Å². The molecule has 2 nitrogen and oxygen atoms in total. The van der Waals surface area contributed by atoms with Crippen LogP contribution < -0.4 is 4.74 Å². The van der Waals surface area contributed by atoms with Gasteiger partial charge in [0.15, 0.2) is 0 Å². The Morgan fingerprint density at radius 1 is 1.16 bits per heavy atom. The van der Waals surface area contributed by atoms with Crippen molar-refractivity contribution in [3.8, 4) is 22.9 Å². The molecule has 94 valence electrons. The van der Waals surface area contributed by atoms with Gasteiger partial charge in [-0.1, -0.05) is 18.2 Å². The van der Waals surface area contributed by atoms with E-state index >= 15 is 0 Å². The number of hydrogen-bond acceptors (Lipinski definition) is 2. The van der Waals surface area contributed by atoms with Crippen LogP contribution in [0.5, 0.6) is 5.75 Å². The molecular formula is C16H12FNO. The summed E-state index contributed by atoms with van der Waals surface area (Å²) < 4.78 is 18.7. The summed E-state index contributed by atoms with van der Waals surface area (Å²) in [7, 11) is 0. The van der Waals surface area contributed by atoms with Crippen molar-refractivity contribution in [2.45, 2.75) is 19.4 Å². The average Bonchev–Trinajstić information content (AvgIpc) is 2.44. The lowest BCUT2D eigenvalue weighted by Crippen LogP contribution is -2.06. The molecule has 0 aliphatic carbocycles. The van der Waals surface area contributed by atoms with Gasteiger partial charge < -0.3 is 4.74 Å². The second kappa shape index (κ2) is 4.74. The molecule has 19 heavy (non-hydrogen) atoms. The van der Waals surface area contributed by atoms with Crippen molar-refractivity contribution in [2.75, 3.05) is 0 Å². The highest BCUT2D eigenvalue weighted by Crippen LogP contribution is 2.38. The number of benzene rings is 2. The SMILES string of the molecule is N#CCCc1ccc2c(c1)COc1cc(F)ccc1-2. The van der Waals surface area contributed by atoms with Crippen molar-refractivity contribution >= 4 is 0 Å². The molecule has 0 N–H and O–H groups in total. The molecule has 1 aliphatic heterocycles. The zero-order valence-corrected chi connectivity index (χ0v) is 10.3. The minimum Gasteiger partial charge on any atom is -0.488 e. The molecule has 0 amide bonds. The van der Waals surface area contributed by atoms with Crippen LogP contribution in [-0.2, 0) is 13.0 Å². The maximum absolute atomic E-state index is 13.2. The molecule has 0 saturated heterocycles. The van der Waals surface area contributed by atoms with E-state index in [1.54, 1.807) is 6.07 Å². The third-order valence-corrected chi connectivity index (χ3v) is 3.31. The van der Waals surface area contributed by atoms with Crippen LogP contribution in [0.25, 0.3) is 11.1 Å². The van der Waals surface area contributed by atoms with Crippen molar-refractivity contribution in [1.29, 1.82) is 5.26 Å². The Morgan fingerprint density at radius 2 is 2.00 bits per heavy atom. The van der Waals surface area contributed by atoms with Gasteiger partial charge in [0.2, 0.25) is 0 Å². The van der Waals surface area contributed by atoms with Crippen molar-refractivity contribution in [2.24, 2.45) is 0 Å². The highest BCUT2D eigenvalue weighted by molar-refractivity contribution is 5.75. The normalized spacial score (nSPS) is 12.0. The summed E-state index contributed by atoms with van der Waals surface area (Å²) in [6, 6.07) is 12.9. The Morgan fingerprint density at radius 3 is 2.84 bits per heavy atom. The number of ether oxygens (including phenoxy) is 1. The van der Waals surface area contributed by atoms with E-state index in [1.165, 1.54) is 12.1 Å². The van der Waals surface area contributed by atoms with E-state index in [0.29, 0.717) is 18.8 Å². The first-order valence-electron chi connectivity index (χ1n) is 6.19. The number of rotatable bonds is 2. The largest absolute Gasteiger partial charge is 0.488 e. The highest BCUT2D eigenvalue weighted by atomic mass is 19.1. The predicted octanol–water partition coefficient (Wildman–Crippen LogP) is 3.84. The number of nitrogens with zero attached hydrogens (tertiary/aromatic N) is 1. The molecule has 0 saturated carbocycles. The quantitative estimate of drug-likeness (QED) is 0.814. The van der Waals surface area contributed by atoms with E-state index in [4.69, 9.17) is 10.00 Å². The summed E-state index contributed by atoms with van der Waals surface area (Å²) in [5.74, 6) is 0.310. The Hall–Kier alpha value is -2.34. The Balaban J connectivity index is 2.01. The van der Waals surface area contributed by atoms with Gasteiger partial charge in [0.1, 0.15) is 18.2 Å². The van der Waals surface area contributed by atoms with Crippen molar-refractivity contribution in [3.63, 3.8) is 0 Å². The lowest BCUT2D eigenvalue weighted by Gasteiger charge is -2.21. The molecule has 3 heteroatoms. The Kier molecular flexibility index (Phi) is 2.92. The molecule has 0 fully saturated rings. The van der Waals surface area contributed by atoms with E-state index in [-0.39, 0.29) is 5.82 Å². The van der Waals surface area contributed by atoms with Gasteiger partial charge in [0.05, 0.1) is 6.07 Å². The van der Waals surface area contributed by atoms with Gasteiger partial charge >= 0.3 is 0 Å². The van der Waals surface area contributed by atoms with Gasteiger partial charge in [0, 0.05) is 18.1 Å². The molecule has 0 atom stereocenters. The number of fused-ring (bicyclic) bond motifs is 3. The van der Waals surface area contributed by atoms with Crippen molar-refractivity contribution in [1.82, 2.24) is 0 Å². The minimum absolute atomic E-state index is 0.284. The monoisotopic (exact) mass is 253 g/mol. The van der Waals surface area contributed by atoms with Gasteiger partial charge in [-0.25, -0.2) is 4.39 Å². The maximum Gasteiger partial charge on any atom is 0.130 e. The third-order valence-electron chi connectivity index (χ3n) is 3.31. The van der Waals surface area contributed by atoms with E-state index < -0.39 is 0 Å². The fourth-order valence-corrected chi connectivity index (χ4v) is 2.38. The average molecular weight is 253 g/mol. The summed E-state index contributed by atoms with van der Waals surface area (Å²) in [5.41, 5.74) is 4.24. The summed E-state index contributed by atoms with van der Waals surface area (Å²) in [6.07, 6.45) is 1.27. The van der Waals surface area contributed by atoms with Gasteiger partial charge in [-0.15, -0.1) is 0 Å². The number of hydrogen-bond donors (Lipinski definition) is 0. The van der Waals surface area contributed by atoms with Crippen molar-refractivity contribution < 1.29 is 9.13 Å². The standard InChI is InChI=1S/C16H12FNO/c17-13-4-6-15-14-5-3-11(2-1-7-18)8-12(14)10-19-16(15)9-13/h3-6,8-9H,1-2,10H2. The zero-order valence-electron chi connectivity index (χ0n) is 10.3. The molecule has 3 rings (SSSR count). The topological polar surface area (TPSA) is 33.0 Å². The molecule has 2 aromatic carbocycles. The Bertz CT molecular complexity index is 673. The van der Waals surface area contributed by atoms with Gasteiger partial charge in [-0.3, -0.25) is 0 Å². The third kappa shape index (κ3) is 2.17. The molecule has 2 aromatic rings. The molecular weight excluding hydrogens is 241 g/mol. The van der Waals surface area contributed by atoms with E-state index in [1.807, 2.05) is 12.1 Å². The summed E-state index contributed by atoms with van der Waals surface area (Å²) >= 11 is 0. The first kappa shape index (κ1) is 11.7. The number of aryl methyl sites for hydroxylation is 1. The van der Waals surface area contributed by atoms with Crippen molar-refractivity contribution in [3.05, 3.63) is 53.3 Å². The maximum atomic E-state index is 13.2. The van der Waals surface area contributed by atoms with E-state index in [9.17, 15) is 4.39 Å². The molecule has 1 aliphatic rings. The number of halogens is 1. The first-order valence-corrected chi connectivity index (χ1v) is 6.19. The van der Waals surface area contributed by atoms with Crippen LogP contribution >= 0.6 is 0 Å². The predicted molar refractivity (Wildman–Crippen MR) is 70.1 cm³/mol. The van der Waals surface area contributed by atoms with Crippen LogP contribution in [0.15, 0.2) is 36.4 Å². The van der Waals surface area contributed by atoms with Crippen LogP contribution in [-0.4, -0.2) is 0 Å². The fourth-order valence-electron chi connectivity index (χ4n) is 2.38. The molecule has 1 heterocycles. The smallest absolute Gasteiger partial charge is 0.130 e. The molecule has 0 unspecified atom stereocenters. The van der Waals surface area contributed by atoms with Crippen LogP contribution in [0.3, 0.4) is 0 Å². The van der Waals surface area contributed by atoms with E-state index in [2.05, 4.69) is 12.1 Å². The van der Waals surface area contributed by atoms with Gasteiger partial charge in [-0.05, 0) is 35.2 Å². The summed E-state index contributed by atoms with van der Waals surface area (Å²) in [5, 5.41) is 8.61. The van der Waals surface area contributed by atoms with Gasteiger partial charge in [0.25, 0.3) is 0 Å². The fraction of sp³-hybridized carbons (Fsp3) is 0.188.